The molecule has 168 valence electrons. The van der Waals surface area contributed by atoms with Crippen LogP contribution in [0.3, 0.4) is 0 Å². The molecular weight excluding hydrogens is 412 g/mol. The number of amides is 1. The van der Waals surface area contributed by atoms with E-state index in [1.807, 2.05) is 9.80 Å². The largest absolute Gasteiger partial charge is 0.478 e. The first-order valence-electron chi connectivity index (χ1n) is 9.86. The Kier molecular flexibility index (Phi) is 8.88. The van der Waals surface area contributed by atoms with Gasteiger partial charge in [-0.15, -0.1) is 0 Å². The number of carboxylic acids is 1. The van der Waals surface area contributed by atoms with Crippen LogP contribution in [0.4, 0.5) is 11.4 Å². The second-order valence-corrected chi connectivity index (χ2v) is 9.01. The molecule has 0 spiro atoms. The van der Waals surface area contributed by atoms with Gasteiger partial charge in [0.25, 0.3) is 0 Å². The summed E-state index contributed by atoms with van der Waals surface area (Å²) in [5.41, 5.74) is 0.662. The second kappa shape index (κ2) is 11.1. The summed E-state index contributed by atoms with van der Waals surface area (Å²) < 4.78 is 30.9. The summed E-state index contributed by atoms with van der Waals surface area (Å²) in [5, 5.41) is 12.4. The quantitative estimate of drug-likeness (QED) is 0.421. The van der Waals surface area contributed by atoms with Gasteiger partial charge in [-0.25, -0.2) is 13.2 Å². The van der Waals surface area contributed by atoms with E-state index in [0.717, 1.165) is 6.42 Å². The Morgan fingerprint density at radius 1 is 1.20 bits per heavy atom. The molecule has 1 aromatic carbocycles. The zero-order chi connectivity index (χ0) is 22.1. The van der Waals surface area contributed by atoms with Crippen molar-refractivity contribution in [3.05, 3.63) is 23.8 Å². The maximum atomic E-state index is 12.0. The first kappa shape index (κ1) is 23.9. The predicted octanol–water partition coefficient (Wildman–Crippen LogP) is 0.421. The van der Waals surface area contributed by atoms with E-state index >= 15 is 0 Å². The van der Waals surface area contributed by atoms with Gasteiger partial charge in [-0.3, -0.25) is 14.4 Å². The maximum absolute atomic E-state index is 12.0. The lowest BCUT2D eigenvalue weighted by molar-refractivity contribution is -0.122. The molecule has 0 aliphatic carbocycles. The van der Waals surface area contributed by atoms with Gasteiger partial charge in [0.15, 0.2) is 0 Å². The Morgan fingerprint density at radius 3 is 2.50 bits per heavy atom. The van der Waals surface area contributed by atoms with Gasteiger partial charge in [-0.05, 0) is 31.5 Å². The summed E-state index contributed by atoms with van der Waals surface area (Å²) in [6, 6.07) is 4.66. The van der Waals surface area contributed by atoms with Crippen LogP contribution in [-0.4, -0.2) is 89.0 Å². The maximum Gasteiger partial charge on any atom is 0.337 e. The minimum atomic E-state index is -3.57. The van der Waals surface area contributed by atoms with Crippen LogP contribution in [0, 0.1) is 0 Å². The molecule has 0 saturated carbocycles. The average Bonchev–Trinajstić information content (AvgIpc) is 2.72. The van der Waals surface area contributed by atoms with Crippen LogP contribution >= 0.6 is 0 Å². The van der Waals surface area contributed by atoms with E-state index in [1.54, 1.807) is 13.2 Å². The number of nitrogens with one attached hydrogen (secondary N) is 2. The number of anilines is 2. The minimum Gasteiger partial charge on any atom is -0.478 e. The summed E-state index contributed by atoms with van der Waals surface area (Å²) in [7, 11) is -1.95. The monoisotopic (exact) mass is 442 g/mol. The van der Waals surface area contributed by atoms with Crippen molar-refractivity contribution in [1.29, 1.82) is 0 Å². The Balaban J connectivity index is 1.94. The molecule has 3 N–H and O–H groups in total. The molecule has 2 rings (SSSR count). The van der Waals surface area contributed by atoms with Crippen LogP contribution in [0.2, 0.25) is 0 Å². The topological polar surface area (TPSA) is 128 Å². The number of methoxy groups -OCH3 is 1. The van der Waals surface area contributed by atoms with Crippen LogP contribution in [0.1, 0.15) is 23.7 Å². The number of carboxylic acid groups (broad SMARTS) is 1. The highest BCUT2D eigenvalue weighted by Gasteiger charge is 2.22. The van der Waals surface area contributed by atoms with Crippen LogP contribution in [0.5, 0.6) is 0 Å². The van der Waals surface area contributed by atoms with Gasteiger partial charge in [0.2, 0.25) is 15.9 Å². The number of carbonyl (C=O) groups excluding carboxylic acids is 1. The summed E-state index contributed by atoms with van der Waals surface area (Å²) in [4.78, 5) is 27.7. The molecule has 11 heteroatoms. The van der Waals surface area contributed by atoms with Crippen molar-refractivity contribution in [2.45, 2.75) is 13.3 Å². The number of hydrogen-bond acceptors (Lipinski definition) is 7. The summed E-state index contributed by atoms with van der Waals surface area (Å²) >= 11 is 0. The molecule has 1 amide bonds. The number of ether oxygens (including phenoxy) is 1. The number of nitrogens with zero attached hydrogens (tertiary/aromatic N) is 2. The van der Waals surface area contributed by atoms with E-state index in [0.29, 0.717) is 51.6 Å². The fourth-order valence-corrected chi connectivity index (χ4v) is 3.76. The summed E-state index contributed by atoms with van der Waals surface area (Å²) in [5.74, 6) is -1.37. The number of hydrogen-bond donors (Lipinski definition) is 3. The lowest BCUT2D eigenvalue weighted by Gasteiger charge is -2.36. The number of aromatic carboxylic acids is 1. The highest BCUT2D eigenvalue weighted by atomic mass is 32.2. The highest BCUT2D eigenvalue weighted by Crippen LogP contribution is 2.25. The zero-order valence-corrected chi connectivity index (χ0v) is 18.2. The first-order chi connectivity index (χ1) is 14.3. The molecule has 1 aromatic rings. The van der Waals surface area contributed by atoms with Crippen molar-refractivity contribution in [3.63, 3.8) is 0 Å². The third-order valence-corrected chi connectivity index (χ3v) is 6.12. The van der Waals surface area contributed by atoms with Crippen molar-refractivity contribution in [2.24, 2.45) is 0 Å². The minimum absolute atomic E-state index is 0.0275. The number of piperazine rings is 1. The molecular formula is C19H30N4O6S. The van der Waals surface area contributed by atoms with Crippen molar-refractivity contribution in [3.8, 4) is 0 Å². The van der Waals surface area contributed by atoms with E-state index in [2.05, 4.69) is 10.0 Å². The Labute approximate surface area is 177 Å². The smallest absolute Gasteiger partial charge is 0.337 e. The van der Waals surface area contributed by atoms with Gasteiger partial charge in [0, 0.05) is 52.1 Å². The molecule has 0 unspecified atom stereocenters. The molecule has 10 nitrogen and oxygen atoms in total. The van der Waals surface area contributed by atoms with Gasteiger partial charge in [0.1, 0.15) is 0 Å². The fourth-order valence-electron chi connectivity index (χ4n) is 3.10. The van der Waals surface area contributed by atoms with Crippen LogP contribution in [0.25, 0.3) is 0 Å². The average molecular weight is 443 g/mol. The number of rotatable bonds is 11. The Hall–Kier alpha value is -2.37. The van der Waals surface area contributed by atoms with Gasteiger partial charge in [-0.2, -0.15) is 0 Å². The molecule has 30 heavy (non-hydrogen) atoms. The van der Waals surface area contributed by atoms with E-state index in [4.69, 9.17) is 4.74 Å². The highest BCUT2D eigenvalue weighted by molar-refractivity contribution is 7.92. The molecule has 1 heterocycles. The lowest BCUT2D eigenvalue weighted by Crippen LogP contribution is -2.49. The number of carbonyl (C=O) groups is 2. The van der Waals surface area contributed by atoms with Crippen molar-refractivity contribution in [1.82, 2.24) is 10.2 Å². The Morgan fingerprint density at radius 2 is 1.90 bits per heavy atom. The molecule has 0 aromatic heterocycles. The normalized spacial score (nSPS) is 15.1. The summed E-state index contributed by atoms with van der Waals surface area (Å²) in [6.45, 7) is 5.59. The van der Waals surface area contributed by atoms with Crippen molar-refractivity contribution in [2.75, 3.05) is 68.4 Å². The zero-order valence-electron chi connectivity index (χ0n) is 17.4. The SMILES string of the molecule is CCS(=O)(=O)Nc1ccc(N2CCN(CC(=O)NCCCOC)CC2)cc1C(=O)O. The third kappa shape index (κ3) is 7.15. The van der Waals surface area contributed by atoms with E-state index in [-0.39, 0.29) is 22.9 Å². The third-order valence-electron chi connectivity index (χ3n) is 4.83. The van der Waals surface area contributed by atoms with Gasteiger partial charge in [0.05, 0.1) is 23.5 Å². The fraction of sp³-hybridized carbons (Fsp3) is 0.579. The molecule has 1 aliphatic heterocycles. The summed E-state index contributed by atoms with van der Waals surface area (Å²) in [6.07, 6.45) is 0.770. The number of benzene rings is 1. The van der Waals surface area contributed by atoms with Gasteiger partial charge >= 0.3 is 5.97 Å². The molecule has 0 bridgehead atoms. The second-order valence-electron chi connectivity index (χ2n) is 7.00. The van der Waals surface area contributed by atoms with Gasteiger partial charge in [-0.1, -0.05) is 0 Å². The lowest BCUT2D eigenvalue weighted by atomic mass is 10.1. The predicted molar refractivity (Wildman–Crippen MR) is 115 cm³/mol. The van der Waals surface area contributed by atoms with Crippen LogP contribution in [-0.2, 0) is 19.6 Å². The van der Waals surface area contributed by atoms with E-state index in [1.165, 1.54) is 19.1 Å². The van der Waals surface area contributed by atoms with Crippen LogP contribution in [0.15, 0.2) is 18.2 Å². The molecule has 1 aliphatic rings. The van der Waals surface area contributed by atoms with Crippen molar-refractivity contribution < 1.29 is 27.9 Å². The number of sulfonamides is 1. The first-order valence-corrected chi connectivity index (χ1v) is 11.5. The Bertz CT molecular complexity index is 837. The van der Waals surface area contributed by atoms with Crippen molar-refractivity contribution >= 4 is 33.3 Å². The van der Waals surface area contributed by atoms with E-state index in [9.17, 15) is 23.1 Å². The molecule has 0 radical (unpaired) electrons. The molecule has 0 atom stereocenters. The van der Waals surface area contributed by atoms with Gasteiger partial charge < -0.3 is 20.1 Å². The molecule has 1 fully saturated rings. The van der Waals surface area contributed by atoms with Crippen LogP contribution < -0.4 is 14.9 Å². The van der Waals surface area contributed by atoms with E-state index < -0.39 is 16.0 Å². The standard InChI is InChI=1S/C19H30N4O6S/c1-3-30(27,28)21-17-6-5-15(13-16(17)19(25)26)23-10-8-22(9-11-23)14-18(24)20-7-4-12-29-2/h5-6,13,21H,3-4,7-12,14H2,1-2H3,(H,20,24)(H,25,26). The molecule has 1 saturated heterocycles.